The van der Waals surface area contributed by atoms with E-state index in [9.17, 15) is 4.79 Å². The lowest BCUT2D eigenvalue weighted by molar-refractivity contribution is 0.102. The molecule has 1 aromatic heterocycles. The number of anilines is 2. The third-order valence-electron chi connectivity index (χ3n) is 2.22. The fourth-order valence-corrected chi connectivity index (χ4v) is 2.53. The van der Waals surface area contributed by atoms with Crippen LogP contribution in [-0.2, 0) is 0 Å². The van der Waals surface area contributed by atoms with Crippen molar-refractivity contribution in [3.05, 3.63) is 51.2 Å². The van der Waals surface area contributed by atoms with E-state index in [1.165, 1.54) is 6.20 Å². The predicted molar refractivity (Wildman–Crippen MR) is 78.4 cm³/mol. The largest absolute Gasteiger partial charge is 0.397 e. The first kappa shape index (κ1) is 13.0. The molecule has 92 valence electrons. The number of nitrogens with zero attached hydrogens (tertiary/aromatic N) is 1. The number of carbonyl (C=O) groups excluding carboxylic acids is 1. The number of halogens is 2. The van der Waals surface area contributed by atoms with Gasteiger partial charge in [-0.2, -0.15) is 0 Å². The Labute approximate surface area is 121 Å². The number of amides is 1. The average Bonchev–Trinajstić information content (AvgIpc) is 2.34. The minimum Gasteiger partial charge on any atom is -0.397 e. The second-order valence-electron chi connectivity index (χ2n) is 3.53. The topological polar surface area (TPSA) is 68.0 Å². The Hall–Kier alpha value is -1.40. The summed E-state index contributed by atoms with van der Waals surface area (Å²) in [6.45, 7) is 0. The van der Waals surface area contributed by atoms with E-state index in [-0.39, 0.29) is 5.91 Å². The van der Waals surface area contributed by atoms with Crippen LogP contribution in [0, 0.1) is 0 Å². The molecule has 0 saturated heterocycles. The van der Waals surface area contributed by atoms with Gasteiger partial charge in [-0.1, -0.05) is 6.07 Å². The fraction of sp³-hybridized carbons (Fsp3) is 0. The normalized spacial score (nSPS) is 10.1. The number of carbonyl (C=O) groups is 1. The lowest BCUT2D eigenvalue weighted by Crippen LogP contribution is -2.14. The highest BCUT2D eigenvalue weighted by Gasteiger charge is 2.11. The third-order valence-corrected chi connectivity index (χ3v) is 3.54. The number of aromatic nitrogens is 1. The van der Waals surface area contributed by atoms with Crippen molar-refractivity contribution >= 4 is 49.1 Å². The number of hydrogen-bond acceptors (Lipinski definition) is 3. The van der Waals surface area contributed by atoms with Gasteiger partial charge >= 0.3 is 0 Å². The molecule has 1 aromatic carbocycles. The second kappa shape index (κ2) is 5.49. The number of para-hydroxylation sites is 1. The van der Waals surface area contributed by atoms with Crippen LogP contribution in [0.2, 0.25) is 0 Å². The summed E-state index contributed by atoms with van der Waals surface area (Å²) in [4.78, 5) is 15.9. The molecule has 18 heavy (non-hydrogen) atoms. The highest BCUT2D eigenvalue weighted by Crippen LogP contribution is 2.30. The van der Waals surface area contributed by atoms with Gasteiger partial charge in [0, 0.05) is 8.95 Å². The molecule has 0 aliphatic carbocycles. The van der Waals surface area contributed by atoms with Crippen LogP contribution in [0.25, 0.3) is 0 Å². The SMILES string of the molecule is Nc1ccc(C(=O)Nc2c(Br)cccc2Br)nc1. The molecule has 0 radical (unpaired) electrons. The molecule has 0 unspecified atom stereocenters. The first-order chi connectivity index (χ1) is 8.58. The molecule has 0 aliphatic rings. The monoisotopic (exact) mass is 369 g/mol. The first-order valence-electron chi connectivity index (χ1n) is 5.05. The number of nitrogen functional groups attached to an aromatic ring is 1. The maximum absolute atomic E-state index is 12.0. The number of nitrogens with one attached hydrogen (secondary N) is 1. The van der Waals surface area contributed by atoms with Gasteiger partial charge in [0.25, 0.3) is 5.91 Å². The van der Waals surface area contributed by atoms with Crippen molar-refractivity contribution in [2.45, 2.75) is 0 Å². The van der Waals surface area contributed by atoms with Gasteiger partial charge in [0.15, 0.2) is 0 Å². The van der Waals surface area contributed by atoms with Crippen molar-refractivity contribution < 1.29 is 4.79 Å². The summed E-state index contributed by atoms with van der Waals surface area (Å²) >= 11 is 6.75. The van der Waals surface area contributed by atoms with Crippen molar-refractivity contribution in [3.8, 4) is 0 Å². The molecular weight excluding hydrogens is 362 g/mol. The number of nitrogens with two attached hydrogens (primary N) is 1. The zero-order valence-electron chi connectivity index (χ0n) is 9.15. The summed E-state index contributed by atoms with van der Waals surface area (Å²) in [5, 5.41) is 2.78. The van der Waals surface area contributed by atoms with E-state index in [0.717, 1.165) is 8.95 Å². The number of pyridine rings is 1. The Balaban J connectivity index is 2.24. The van der Waals surface area contributed by atoms with Gasteiger partial charge in [-0.05, 0) is 56.1 Å². The lowest BCUT2D eigenvalue weighted by Gasteiger charge is -2.09. The van der Waals surface area contributed by atoms with Gasteiger partial charge < -0.3 is 11.1 Å². The van der Waals surface area contributed by atoms with Crippen LogP contribution >= 0.6 is 31.9 Å². The standard InChI is InChI=1S/C12H9Br2N3O/c13-8-2-1-3-9(14)11(8)17-12(18)10-5-4-7(15)6-16-10/h1-6H,15H2,(H,17,18). The molecule has 1 heterocycles. The smallest absolute Gasteiger partial charge is 0.274 e. The van der Waals surface area contributed by atoms with Gasteiger partial charge in [0.2, 0.25) is 0 Å². The minimum absolute atomic E-state index is 0.289. The molecule has 4 nitrogen and oxygen atoms in total. The summed E-state index contributed by atoms with van der Waals surface area (Å²) in [5.74, 6) is -0.289. The van der Waals surface area contributed by atoms with Crippen LogP contribution < -0.4 is 11.1 Å². The third kappa shape index (κ3) is 2.88. The van der Waals surface area contributed by atoms with Crippen LogP contribution in [0.5, 0.6) is 0 Å². The predicted octanol–water partition coefficient (Wildman–Crippen LogP) is 3.44. The molecule has 2 rings (SSSR count). The molecule has 0 fully saturated rings. The van der Waals surface area contributed by atoms with E-state index in [1.807, 2.05) is 18.2 Å². The highest BCUT2D eigenvalue weighted by molar-refractivity contribution is 9.11. The zero-order valence-corrected chi connectivity index (χ0v) is 12.3. The van der Waals surface area contributed by atoms with Gasteiger partial charge in [-0.15, -0.1) is 0 Å². The Morgan fingerprint density at radius 2 is 1.83 bits per heavy atom. The Kier molecular flexibility index (Phi) is 3.98. The van der Waals surface area contributed by atoms with Crippen LogP contribution in [-0.4, -0.2) is 10.9 Å². The van der Waals surface area contributed by atoms with Crippen molar-refractivity contribution in [3.63, 3.8) is 0 Å². The van der Waals surface area contributed by atoms with Crippen molar-refractivity contribution in [1.82, 2.24) is 4.98 Å². The maximum Gasteiger partial charge on any atom is 0.274 e. The molecule has 0 atom stereocenters. The summed E-state index contributed by atoms with van der Waals surface area (Å²) in [5.41, 5.74) is 7.02. The first-order valence-corrected chi connectivity index (χ1v) is 6.63. The van der Waals surface area contributed by atoms with Crippen LogP contribution in [0.3, 0.4) is 0 Å². The van der Waals surface area contributed by atoms with E-state index < -0.39 is 0 Å². The molecule has 1 amide bonds. The van der Waals surface area contributed by atoms with E-state index >= 15 is 0 Å². The van der Waals surface area contributed by atoms with Gasteiger partial charge in [-0.3, -0.25) is 4.79 Å². The number of rotatable bonds is 2. The second-order valence-corrected chi connectivity index (χ2v) is 5.24. The van der Waals surface area contributed by atoms with Gasteiger partial charge in [-0.25, -0.2) is 4.98 Å². The summed E-state index contributed by atoms with van der Waals surface area (Å²) < 4.78 is 1.58. The average molecular weight is 371 g/mol. The molecule has 0 spiro atoms. The molecule has 6 heteroatoms. The molecule has 2 aromatic rings. The molecule has 0 saturated carbocycles. The van der Waals surface area contributed by atoms with Crippen molar-refractivity contribution in [2.75, 3.05) is 11.1 Å². The number of hydrogen-bond donors (Lipinski definition) is 2. The van der Waals surface area contributed by atoms with E-state index in [0.29, 0.717) is 17.1 Å². The van der Waals surface area contributed by atoms with Crippen LogP contribution in [0.15, 0.2) is 45.5 Å². The van der Waals surface area contributed by atoms with Crippen LogP contribution in [0.4, 0.5) is 11.4 Å². The van der Waals surface area contributed by atoms with Crippen molar-refractivity contribution in [2.24, 2.45) is 0 Å². The summed E-state index contributed by atoms with van der Waals surface area (Å²) in [7, 11) is 0. The van der Waals surface area contributed by atoms with Gasteiger partial charge in [0.05, 0.1) is 17.6 Å². The lowest BCUT2D eigenvalue weighted by atomic mass is 10.3. The summed E-state index contributed by atoms with van der Waals surface area (Å²) in [6, 6.07) is 8.77. The fourth-order valence-electron chi connectivity index (χ4n) is 1.33. The Morgan fingerprint density at radius 3 is 2.39 bits per heavy atom. The van der Waals surface area contributed by atoms with Crippen molar-refractivity contribution in [1.29, 1.82) is 0 Å². The molecular formula is C12H9Br2N3O. The van der Waals surface area contributed by atoms with E-state index in [1.54, 1.807) is 12.1 Å². The van der Waals surface area contributed by atoms with E-state index in [2.05, 4.69) is 42.2 Å². The molecule has 0 aliphatic heterocycles. The molecule has 0 bridgehead atoms. The highest BCUT2D eigenvalue weighted by atomic mass is 79.9. The van der Waals surface area contributed by atoms with Gasteiger partial charge in [0.1, 0.15) is 5.69 Å². The maximum atomic E-state index is 12.0. The zero-order chi connectivity index (χ0) is 13.1. The quantitative estimate of drug-likeness (QED) is 0.850. The van der Waals surface area contributed by atoms with E-state index in [4.69, 9.17) is 5.73 Å². The Bertz CT molecular complexity index is 564. The summed E-state index contributed by atoms with van der Waals surface area (Å²) in [6.07, 6.45) is 1.45. The minimum atomic E-state index is -0.289. The Morgan fingerprint density at radius 1 is 1.17 bits per heavy atom. The number of benzene rings is 1. The molecule has 3 N–H and O–H groups in total. The van der Waals surface area contributed by atoms with Crippen LogP contribution in [0.1, 0.15) is 10.5 Å².